The van der Waals surface area contributed by atoms with E-state index in [9.17, 15) is 4.79 Å². The van der Waals surface area contributed by atoms with Gasteiger partial charge in [-0.05, 0) is 55.4 Å². The smallest absolute Gasteiger partial charge is 0.243 e. The predicted molar refractivity (Wildman–Crippen MR) is 106 cm³/mol. The van der Waals surface area contributed by atoms with Crippen LogP contribution in [0.4, 0.5) is 0 Å². The lowest BCUT2D eigenvalue weighted by molar-refractivity contribution is -0.116. The molecular weight excluding hydrogens is 326 g/mol. The Bertz CT molecular complexity index is 620. The van der Waals surface area contributed by atoms with Crippen molar-refractivity contribution < 1.29 is 14.3 Å². The molecular formula is C22H31NO3. The van der Waals surface area contributed by atoms with Crippen LogP contribution in [0.3, 0.4) is 0 Å². The fraction of sp³-hybridized carbons (Fsp3) is 0.500. The average Bonchev–Trinajstić information content (AvgIpc) is 3.09. The molecule has 1 amide bonds. The molecule has 0 atom stereocenters. The SMILES string of the molecule is CC(C)CNC(=O)C=CCCCCCCC=Cc1ccc2c(c1)OCO2. The Labute approximate surface area is 157 Å². The number of ether oxygens (including phenoxy) is 2. The molecule has 1 N–H and O–H groups in total. The number of nitrogens with one attached hydrogen (secondary N) is 1. The number of carbonyl (C=O) groups excluding carboxylic acids is 1. The normalized spacial score (nSPS) is 13.2. The molecule has 4 heteroatoms. The zero-order chi connectivity index (χ0) is 18.6. The Hall–Kier alpha value is -2.23. The number of allylic oxidation sites excluding steroid dienone is 2. The summed E-state index contributed by atoms with van der Waals surface area (Å²) >= 11 is 0. The average molecular weight is 357 g/mol. The van der Waals surface area contributed by atoms with Crippen molar-refractivity contribution in [3.05, 3.63) is 42.0 Å². The quantitative estimate of drug-likeness (QED) is 0.443. The van der Waals surface area contributed by atoms with Crippen molar-refractivity contribution >= 4 is 12.0 Å². The third-order valence-corrected chi connectivity index (χ3v) is 4.15. The van der Waals surface area contributed by atoms with Gasteiger partial charge in [0.05, 0.1) is 0 Å². The summed E-state index contributed by atoms with van der Waals surface area (Å²) in [6.07, 6.45) is 14.8. The summed E-state index contributed by atoms with van der Waals surface area (Å²) in [6.45, 7) is 5.24. The molecule has 1 heterocycles. The molecule has 1 aliphatic heterocycles. The van der Waals surface area contributed by atoms with Crippen molar-refractivity contribution in [3.8, 4) is 11.5 Å². The first-order valence-electron chi connectivity index (χ1n) is 9.65. The predicted octanol–water partition coefficient (Wildman–Crippen LogP) is 5.10. The third-order valence-electron chi connectivity index (χ3n) is 4.15. The van der Waals surface area contributed by atoms with E-state index < -0.39 is 0 Å². The molecule has 26 heavy (non-hydrogen) atoms. The molecule has 0 aromatic heterocycles. The summed E-state index contributed by atoms with van der Waals surface area (Å²) in [6, 6.07) is 6.02. The first-order valence-corrected chi connectivity index (χ1v) is 9.65. The molecule has 0 aliphatic carbocycles. The van der Waals surface area contributed by atoms with Gasteiger partial charge >= 0.3 is 0 Å². The lowest BCUT2D eigenvalue weighted by Gasteiger charge is -2.04. The lowest BCUT2D eigenvalue weighted by Crippen LogP contribution is -2.25. The Morgan fingerprint density at radius 3 is 2.58 bits per heavy atom. The second kappa shape index (κ2) is 11.4. The first-order chi connectivity index (χ1) is 12.6. The van der Waals surface area contributed by atoms with E-state index >= 15 is 0 Å². The molecule has 2 rings (SSSR count). The highest BCUT2D eigenvalue weighted by molar-refractivity contribution is 5.87. The summed E-state index contributed by atoms with van der Waals surface area (Å²) < 4.78 is 10.7. The number of unbranched alkanes of at least 4 members (excludes halogenated alkanes) is 5. The number of hydrogen-bond donors (Lipinski definition) is 1. The van der Waals surface area contributed by atoms with E-state index in [4.69, 9.17) is 9.47 Å². The largest absolute Gasteiger partial charge is 0.454 e. The molecule has 1 aromatic rings. The van der Waals surface area contributed by atoms with E-state index in [1.807, 2.05) is 24.3 Å². The molecule has 0 saturated carbocycles. The van der Waals surface area contributed by atoms with Crippen LogP contribution in [-0.4, -0.2) is 19.2 Å². The van der Waals surface area contributed by atoms with Gasteiger partial charge in [0, 0.05) is 6.54 Å². The molecule has 1 aromatic carbocycles. The summed E-state index contributed by atoms with van der Waals surface area (Å²) in [4.78, 5) is 11.5. The van der Waals surface area contributed by atoms with E-state index in [0.29, 0.717) is 12.7 Å². The van der Waals surface area contributed by atoms with E-state index in [-0.39, 0.29) is 5.91 Å². The summed E-state index contributed by atoms with van der Waals surface area (Å²) in [7, 11) is 0. The monoisotopic (exact) mass is 357 g/mol. The van der Waals surface area contributed by atoms with Crippen LogP contribution >= 0.6 is 0 Å². The van der Waals surface area contributed by atoms with Crippen molar-refractivity contribution in [2.24, 2.45) is 5.92 Å². The number of carbonyl (C=O) groups is 1. The van der Waals surface area contributed by atoms with Gasteiger partial charge in [0.1, 0.15) is 0 Å². The Balaban J connectivity index is 1.48. The van der Waals surface area contributed by atoms with E-state index in [2.05, 4.69) is 31.3 Å². The summed E-state index contributed by atoms with van der Waals surface area (Å²) in [5.74, 6) is 2.17. The van der Waals surface area contributed by atoms with Gasteiger partial charge in [-0.15, -0.1) is 0 Å². The highest BCUT2D eigenvalue weighted by Gasteiger charge is 2.11. The van der Waals surface area contributed by atoms with Crippen LogP contribution in [-0.2, 0) is 4.79 Å². The second-order valence-corrected chi connectivity index (χ2v) is 7.05. The van der Waals surface area contributed by atoms with Crippen molar-refractivity contribution in [1.82, 2.24) is 5.32 Å². The molecule has 0 unspecified atom stereocenters. The summed E-state index contributed by atoms with van der Waals surface area (Å²) in [5, 5.41) is 2.89. The van der Waals surface area contributed by atoms with Crippen LogP contribution in [0.5, 0.6) is 11.5 Å². The molecule has 1 aliphatic rings. The molecule has 4 nitrogen and oxygen atoms in total. The molecule has 0 radical (unpaired) electrons. The molecule has 142 valence electrons. The maximum absolute atomic E-state index is 11.5. The lowest BCUT2D eigenvalue weighted by atomic mass is 10.1. The van der Waals surface area contributed by atoms with Crippen molar-refractivity contribution in [2.45, 2.75) is 52.4 Å². The number of amides is 1. The minimum Gasteiger partial charge on any atom is -0.454 e. The van der Waals surface area contributed by atoms with Gasteiger partial charge in [0.15, 0.2) is 11.5 Å². The zero-order valence-corrected chi connectivity index (χ0v) is 16.0. The first kappa shape index (κ1) is 20.1. The van der Waals surface area contributed by atoms with Gasteiger partial charge in [-0.2, -0.15) is 0 Å². The molecule has 0 bridgehead atoms. The van der Waals surface area contributed by atoms with Gasteiger partial charge in [-0.3, -0.25) is 4.79 Å². The van der Waals surface area contributed by atoms with E-state index in [1.54, 1.807) is 6.08 Å². The van der Waals surface area contributed by atoms with E-state index in [1.165, 1.54) is 19.3 Å². The highest BCUT2D eigenvalue weighted by Crippen LogP contribution is 2.32. The Kier molecular flexibility index (Phi) is 8.81. The fourth-order valence-corrected chi connectivity index (χ4v) is 2.67. The minimum absolute atomic E-state index is 0.0207. The van der Waals surface area contributed by atoms with Gasteiger partial charge in [-0.1, -0.05) is 51.0 Å². The van der Waals surface area contributed by atoms with Gasteiger partial charge < -0.3 is 14.8 Å². The van der Waals surface area contributed by atoms with Crippen LogP contribution in [0.1, 0.15) is 57.9 Å². The van der Waals surface area contributed by atoms with Gasteiger partial charge in [-0.25, -0.2) is 0 Å². The van der Waals surface area contributed by atoms with Crippen LogP contribution in [0, 0.1) is 5.92 Å². The van der Waals surface area contributed by atoms with Crippen LogP contribution in [0.2, 0.25) is 0 Å². The van der Waals surface area contributed by atoms with E-state index in [0.717, 1.165) is 42.9 Å². The Morgan fingerprint density at radius 2 is 1.81 bits per heavy atom. The third kappa shape index (κ3) is 7.77. The van der Waals surface area contributed by atoms with Gasteiger partial charge in [0.25, 0.3) is 0 Å². The zero-order valence-electron chi connectivity index (χ0n) is 16.0. The molecule has 0 saturated heterocycles. The van der Waals surface area contributed by atoms with Crippen molar-refractivity contribution in [3.63, 3.8) is 0 Å². The fourth-order valence-electron chi connectivity index (χ4n) is 2.67. The summed E-state index contributed by atoms with van der Waals surface area (Å²) in [5.41, 5.74) is 1.15. The topological polar surface area (TPSA) is 47.6 Å². The Morgan fingerprint density at radius 1 is 1.08 bits per heavy atom. The molecule has 0 spiro atoms. The van der Waals surface area contributed by atoms with Crippen LogP contribution in [0.25, 0.3) is 6.08 Å². The second-order valence-electron chi connectivity index (χ2n) is 7.05. The molecule has 0 fully saturated rings. The minimum atomic E-state index is 0.0207. The van der Waals surface area contributed by atoms with Gasteiger partial charge in [0.2, 0.25) is 12.7 Å². The van der Waals surface area contributed by atoms with Crippen LogP contribution < -0.4 is 14.8 Å². The maximum atomic E-state index is 11.5. The van der Waals surface area contributed by atoms with Crippen molar-refractivity contribution in [1.29, 1.82) is 0 Å². The highest BCUT2D eigenvalue weighted by atomic mass is 16.7. The van der Waals surface area contributed by atoms with Crippen molar-refractivity contribution in [2.75, 3.05) is 13.3 Å². The number of hydrogen-bond acceptors (Lipinski definition) is 3. The standard InChI is InChI=1S/C22H31NO3/c1-18(2)16-23-22(24)12-10-8-6-4-3-5-7-9-11-19-13-14-20-21(15-19)26-17-25-20/h9-15,18H,3-8,16-17H2,1-2H3,(H,23,24). The number of fused-ring (bicyclic) bond motifs is 1. The van der Waals surface area contributed by atoms with Crippen LogP contribution in [0.15, 0.2) is 36.4 Å². The number of benzene rings is 1. The maximum Gasteiger partial charge on any atom is 0.243 e. The number of rotatable bonds is 11.